The van der Waals surface area contributed by atoms with Crippen LogP contribution in [0.3, 0.4) is 0 Å². The van der Waals surface area contributed by atoms with Gasteiger partial charge in [-0.3, -0.25) is 9.59 Å². The summed E-state index contributed by atoms with van der Waals surface area (Å²) in [5, 5.41) is 0. The number of carbonyl (C=O) groups excluding carboxylic acids is 2. The first-order valence-corrected chi connectivity index (χ1v) is 10.1. The molecule has 0 radical (unpaired) electrons. The quantitative estimate of drug-likeness (QED) is 0.665. The molecule has 4 rings (SSSR count). The second-order valence-corrected chi connectivity index (χ2v) is 9.86. The number of carbonyl (C=O) groups is 2. The molecule has 3 saturated carbocycles. The fourth-order valence-electron chi connectivity index (χ4n) is 7.51. The van der Waals surface area contributed by atoms with E-state index < -0.39 is 11.1 Å². The van der Waals surface area contributed by atoms with Gasteiger partial charge in [-0.25, -0.2) is 4.39 Å². The van der Waals surface area contributed by atoms with Crippen molar-refractivity contribution in [2.45, 2.75) is 78.3 Å². The van der Waals surface area contributed by atoms with Crippen LogP contribution in [0.15, 0.2) is 11.6 Å². The molecule has 25 heavy (non-hydrogen) atoms. The Bertz CT molecular complexity index is 667. The molecule has 138 valence electrons. The number of allylic oxidation sites excluding steroid dienone is 1. The van der Waals surface area contributed by atoms with Gasteiger partial charge >= 0.3 is 0 Å². The van der Waals surface area contributed by atoms with E-state index in [4.69, 9.17) is 0 Å². The first-order valence-electron chi connectivity index (χ1n) is 10.1. The summed E-state index contributed by atoms with van der Waals surface area (Å²) in [6.45, 7) is 8.21. The van der Waals surface area contributed by atoms with Crippen molar-refractivity contribution < 1.29 is 14.0 Å². The van der Waals surface area contributed by atoms with Crippen LogP contribution < -0.4 is 0 Å². The Hall–Kier alpha value is -0.990. The maximum atomic E-state index is 16.7. The molecule has 3 heteroatoms. The van der Waals surface area contributed by atoms with E-state index in [2.05, 4.69) is 20.8 Å². The Kier molecular flexibility index (Phi) is 3.67. The van der Waals surface area contributed by atoms with E-state index in [1.807, 2.05) is 0 Å². The monoisotopic (exact) mass is 346 g/mol. The molecule has 1 unspecified atom stereocenters. The smallest absolute Gasteiger partial charge is 0.155 e. The maximum absolute atomic E-state index is 16.7. The molecule has 3 fully saturated rings. The highest BCUT2D eigenvalue weighted by Crippen LogP contribution is 2.70. The molecule has 0 saturated heterocycles. The van der Waals surface area contributed by atoms with Crippen LogP contribution in [0.5, 0.6) is 0 Å². The summed E-state index contributed by atoms with van der Waals surface area (Å²) >= 11 is 0. The molecule has 0 heterocycles. The second-order valence-electron chi connectivity index (χ2n) is 9.86. The predicted octanol–water partition coefficient (Wildman–Crippen LogP) is 5.06. The van der Waals surface area contributed by atoms with Crippen molar-refractivity contribution in [3.63, 3.8) is 0 Å². The Morgan fingerprint density at radius 3 is 2.56 bits per heavy atom. The zero-order chi connectivity index (χ0) is 18.2. The van der Waals surface area contributed by atoms with Crippen molar-refractivity contribution in [2.24, 2.45) is 34.5 Å². The molecular weight excluding hydrogens is 315 g/mol. The summed E-state index contributed by atoms with van der Waals surface area (Å²) in [7, 11) is 0. The number of halogens is 1. The van der Waals surface area contributed by atoms with E-state index in [1.54, 1.807) is 13.0 Å². The third-order valence-corrected chi connectivity index (χ3v) is 8.88. The Morgan fingerprint density at radius 1 is 1.16 bits per heavy atom. The standard InChI is InChI=1S/C22H31FO2/c1-13-11-19-17-6-5-16(14(2)24)20(17,3)9-10-22(19,23)21(4)8-7-15(25)12-18(13)21/h12-13,16-17,19H,5-11H2,1-4H3/t13?,16-,17+,19+,20-,21+,22-/m1/s1. The van der Waals surface area contributed by atoms with E-state index in [0.29, 0.717) is 25.2 Å². The highest BCUT2D eigenvalue weighted by atomic mass is 19.1. The molecule has 0 amide bonds. The highest BCUT2D eigenvalue weighted by Gasteiger charge is 2.68. The minimum atomic E-state index is -1.22. The summed E-state index contributed by atoms with van der Waals surface area (Å²) in [6, 6.07) is 0. The Balaban J connectivity index is 1.77. The molecule has 7 atom stereocenters. The number of ketones is 2. The van der Waals surface area contributed by atoms with E-state index in [0.717, 1.165) is 31.3 Å². The van der Waals surface area contributed by atoms with Gasteiger partial charge in [0.2, 0.25) is 0 Å². The third kappa shape index (κ3) is 2.07. The Morgan fingerprint density at radius 2 is 1.88 bits per heavy atom. The summed E-state index contributed by atoms with van der Waals surface area (Å²) in [6.07, 6.45) is 6.98. The van der Waals surface area contributed by atoms with Crippen molar-refractivity contribution >= 4 is 11.6 Å². The SMILES string of the molecule is CC(=O)[C@H]1CC[C@H]2[C@@H]3CC(C)C4=CC(=O)CC[C@]4(C)[C@@]3(F)CC[C@]12C. The first-order chi connectivity index (χ1) is 11.6. The van der Waals surface area contributed by atoms with Crippen LogP contribution >= 0.6 is 0 Å². The largest absolute Gasteiger partial charge is 0.300 e. The van der Waals surface area contributed by atoms with Gasteiger partial charge in [-0.1, -0.05) is 26.3 Å². The van der Waals surface area contributed by atoms with Gasteiger partial charge in [0.1, 0.15) is 11.5 Å². The molecule has 0 aromatic heterocycles. The molecule has 0 spiro atoms. The second kappa shape index (κ2) is 5.27. The van der Waals surface area contributed by atoms with E-state index in [9.17, 15) is 9.59 Å². The third-order valence-electron chi connectivity index (χ3n) is 8.88. The lowest BCUT2D eigenvalue weighted by Crippen LogP contribution is -2.62. The zero-order valence-corrected chi connectivity index (χ0v) is 16.0. The first kappa shape index (κ1) is 17.4. The normalized spacial score (nSPS) is 52.0. The van der Waals surface area contributed by atoms with Gasteiger partial charge < -0.3 is 0 Å². The zero-order valence-electron chi connectivity index (χ0n) is 16.0. The summed E-state index contributed by atoms with van der Waals surface area (Å²) < 4.78 is 16.7. The van der Waals surface area contributed by atoms with Crippen LogP contribution in [0.2, 0.25) is 0 Å². The van der Waals surface area contributed by atoms with Crippen LogP contribution in [0.25, 0.3) is 0 Å². The van der Waals surface area contributed by atoms with Crippen LogP contribution in [0, 0.1) is 34.5 Å². The maximum Gasteiger partial charge on any atom is 0.155 e. The van der Waals surface area contributed by atoms with Gasteiger partial charge in [-0.2, -0.15) is 0 Å². The number of hydrogen-bond acceptors (Lipinski definition) is 2. The van der Waals surface area contributed by atoms with Crippen molar-refractivity contribution in [1.82, 2.24) is 0 Å². The van der Waals surface area contributed by atoms with Crippen LogP contribution in [-0.2, 0) is 9.59 Å². The average Bonchev–Trinajstić information content (AvgIpc) is 2.89. The predicted molar refractivity (Wildman–Crippen MR) is 95.8 cm³/mol. The van der Waals surface area contributed by atoms with Crippen LogP contribution in [-0.4, -0.2) is 17.2 Å². The number of rotatable bonds is 1. The van der Waals surface area contributed by atoms with E-state index >= 15 is 4.39 Å². The van der Waals surface area contributed by atoms with Gasteiger partial charge in [0, 0.05) is 17.8 Å². The molecule has 0 N–H and O–H groups in total. The van der Waals surface area contributed by atoms with Crippen molar-refractivity contribution in [2.75, 3.05) is 0 Å². The molecule has 0 aromatic rings. The topological polar surface area (TPSA) is 34.1 Å². The molecular formula is C22H31FO2. The number of Topliss-reactive ketones (excluding diaryl/α,β-unsaturated/α-hetero) is 1. The molecule has 0 aromatic carbocycles. The minimum absolute atomic E-state index is 0.0287. The Labute approximate surface area is 150 Å². The van der Waals surface area contributed by atoms with Gasteiger partial charge in [0.05, 0.1) is 0 Å². The average molecular weight is 346 g/mol. The minimum Gasteiger partial charge on any atom is -0.300 e. The molecule has 4 aliphatic rings. The highest BCUT2D eigenvalue weighted by molar-refractivity contribution is 5.92. The van der Waals surface area contributed by atoms with Gasteiger partial charge in [0.15, 0.2) is 5.78 Å². The van der Waals surface area contributed by atoms with Gasteiger partial charge in [0.25, 0.3) is 0 Å². The lowest BCUT2D eigenvalue weighted by molar-refractivity contribution is -0.158. The lowest BCUT2D eigenvalue weighted by Gasteiger charge is -2.62. The van der Waals surface area contributed by atoms with E-state index in [-0.39, 0.29) is 34.7 Å². The van der Waals surface area contributed by atoms with Gasteiger partial charge in [-0.05, 0) is 74.7 Å². The van der Waals surface area contributed by atoms with E-state index in [1.165, 1.54) is 0 Å². The van der Waals surface area contributed by atoms with Crippen molar-refractivity contribution in [3.05, 3.63) is 11.6 Å². The van der Waals surface area contributed by atoms with Crippen LogP contribution in [0.4, 0.5) is 4.39 Å². The number of alkyl halides is 1. The van der Waals surface area contributed by atoms with Crippen LogP contribution in [0.1, 0.15) is 72.6 Å². The van der Waals surface area contributed by atoms with Crippen molar-refractivity contribution in [1.29, 1.82) is 0 Å². The fourth-order valence-corrected chi connectivity index (χ4v) is 7.51. The van der Waals surface area contributed by atoms with Crippen molar-refractivity contribution in [3.8, 4) is 0 Å². The molecule has 4 aliphatic carbocycles. The number of hydrogen-bond donors (Lipinski definition) is 0. The lowest BCUT2D eigenvalue weighted by atomic mass is 9.43. The van der Waals surface area contributed by atoms with Gasteiger partial charge in [-0.15, -0.1) is 0 Å². The summed E-state index contributed by atoms with van der Waals surface area (Å²) in [5.74, 6) is 1.16. The molecule has 2 nitrogen and oxygen atoms in total. The fraction of sp³-hybridized carbons (Fsp3) is 0.818. The summed E-state index contributed by atoms with van der Waals surface area (Å²) in [5.41, 5.74) is -0.693. The summed E-state index contributed by atoms with van der Waals surface area (Å²) in [4.78, 5) is 24.2. The molecule has 0 bridgehead atoms. The number of fused-ring (bicyclic) bond motifs is 5. The molecule has 0 aliphatic heterocycles.